The summed E-state index contributed by atoms with van der Waals surface area (Å²) in [7, 11) is 0. The summed E-state index contributed by atoms with van der Waals surface area (Å²) in [4.78, 5) is 29.3. The van der Waals surface area contributed by atoms with Crippen molar-refractivity contribution in [1.29, 1.82) is 0 Å². The van der Waals surface area contributed by atoms with Crippen molar-refractivity contribution >= 4 is 62.2 Å². The quantitative estimate of drug-likeness (QED) is 0.256. The molecule has 3 aromatic heterocycles. The van der Waals surface area contributed by atoms with E-state index in [0.29, 0.717) is 28.3 Å². The lowest BCUT2D eigenvalue weighted by Crippen LogP contribution is -2.24. The number of aryl methyl sites for hydroxylation is 1. The molecule has 0 aliphatic rings. The van der Waals surface area contributed by atoms with E-state index in [1.165, 1.54) is 11.8 Å². The van der Waals surface area contributed by atoms with Crippen molar-refractivity contribution in [3.63, 3.8) is 0 Å². The van der Waals surface area contributed by atoms with Crippen molar-refractivity contribution in [3.8, 4) is 0 Å². The number of nitrogens with one attached hydrogen (secondary N) is 1. The number of para-hydroxylation sites is 1. The Morgan fingerprint density at radius 2 is 1.97 bits per heavy atom. The highest BCUT2D eigenvalue weighted by molar-refractivity contribution is 8.00. The molecule has 4 aromatic rings. The number of anilines is 1. The molecule has 178 valence electrons. The number of hydrogen-bond donors (Lipinski definition) is 1. The second-order valence-electron chi connectivity index (χ2n) is 7.42. The molecule has 0 bridgehead atoms. The highest BCUT2D eigenvalue weighted by Gasteiger charge is 2.23. The normalized spacial score (nSPS) is 12.2. The number of benzene rings is 1. The van der Waals surface area contributed by atoms with Gasteiger partial charge in [0, 0.05) is 11.9 Å². The van der Waals surface area contributed by atoms with Gasteiger partial charge in [0.25, 0.3) is 0 Å². The summed E-state index contributed by atoms with van der Waals surface area (Å²) in [5, 5.41) is 21.3. The summed E-state index contributed by atoms with van der Waals surface area (Å²) in [6, 6.07) is 8.06. The fraction of sp³-hybridized carbons (Fsp3) is 0.409. The number of thioether (sulfide) groups is 1. The van der Waals surface area contributed by atoms with E-state index in [1.807, 2.05) is 25.1 Å². The average Bonchev–Trinajstić information content (AvgIpc) is 3.39. The van der Waals surface area contributed by atoms with Crippen molar-refractivity contribution < 1.29 is 14.3 Å². The van der Waals surface area contributed by atoms with Crippen LogP contribution < -0.4 is 5.32 Å². The van der Waals surface area contributed by atoms with Crippen LogP contribution in [0.1, 0.15) is 38.6 Å². The van der Waals surface area contributed by atoms with Crippen molar-refractivity contribution in [3.05, 3.63) is 29.3 Å². The maximum atomic E-state index is 12.9. The number of rotatable bonds is 10. The van der Waals surface area contributed by atoms with E-state index in [2.05, 4.69) is 43.3 Å². The molecule has 34 heavy (non-hydrogen) atoms. The maximum Gasteiger partial charge on any atom is 0.312 e. The van der Waals surface area contributed by atoms with Crippen LogP contribution in [0.3, 0.4) is 0 Å². The summed E-state index contributed by atoms with van der Waals surface area (Å²) in [5.74, 6) is -0.608. The van der Waals surface area contributed by atoms with E-state index in [0.717, 1.165) is 46.4 Å². The summed E-state index contributed by atoms with van der Waals surface area (Å²) in [5.41, 5.74) is 2.60. The lowest BCUT2D eigenvalue weighted by atomic mass is 10.2. The SMILES string of the molecule is CCCn1c2ccccc2c2nnc(S[C@H](CC)C(=O)Nc3nnc(CC(=O)OCC)s3)nc21. The van der Waals surface area contributed by atoms with Gasteiger partial charge in [-0.25, -0.2) is 4.98 Å². The summed E-state index contributed by atoms with van der Waals surface area (Å²) < 4.78 is 7.07. The number of fused-ring (bicyclic) bond motifs is 3. The number of hydrogen-bond acceptors (Lipinski definition) is 10. The third kappa shape index (κ3) is 5.17. The van der Waals surface area contributed by atoms with Crippen molar-refractivity contribution in [2.75, 3.05) is 11.9 Å². The second kappa shape index (κ2) is 10.9. The lowest BCUT2D eigenvalue weighted by Gasteiger charge is -2.12. The zero-order valence-electron chi connectivity index (χ0n) is 19.1. The number of carbonyl (C=O) groups is 2. The standard InChI is InChI=1S/C22H25N7O3S2/c1-4-11-29-14-10-8-7-9-13(14)18-19(29)23-21(28-26-18)33-15(5-2)20(31)24-22-27-25-16(34-22)12-17(30)32-6-3/h7-10,15H,4-6,11-12H2,1-3H3,(H,24,27,31)/t15-/m1/s1. The number of nitrogens with zero attached hydrogens (tertiary/aromatic N) is 6. The first kappa shape index (κ1) is 24.0. The van der Waals surface area contributed by atoms with Gasteiger partial charge >= 0.3 is 5.97 Å². The van der Waals surface area contributed by atoms with Gasteiger partial charge in [-0.2, -0.15) is 0 Å². The van der Waals surface area contributed by atoms with Gasteiger partial charge in [0.05, 0.1) is 23.8 Å². The second-order valence-corrected chi connectivity index (χ2v) is 9.65. The Balaban J connectivity index is 1.50. The number of aromatic nitrogens is 6. The molecule has 1 amide bonds. The average molecular weight is 500 g/mol. The molecular formula is C22H25N7O3S2. The molecule has 0 radical (unpaired) electrons. The molecule has 0 spiro atoms. The first-order chi connectivity index (χ1) is 16.5. The predicted molar refractivity (Wildman–Crippen MR) is 132 cm³/mol. The fourth-order valence-electron chi connectivity index (χ4n) is 3.54. The molecule has 10 nitrogen and oxygen atoms in total. The Hall–Kier alpha value is -3.12. The minimum atomic E-state index is -0.444. The van der Waals surface area contributed by atoms with Crippen LogP contribution in [0.4, 0.5) is 5.13 Å². The van der Waals surface area contributed by atoms with Gasteiger partial charge in [-0.05, 0) is 25.8 Å². The van der Waals surface area contributed by atoms with Crippen LogP contribution in [0.2, 0.25) is 0 Å². The minimum absolute atomic E-state index is 0.0264. The zero-order valence-corrected chi connectivity index (χ0v) is 20.8. The molecule has 0 saturated carbocycles. The van der Waals surface area contributed by atoms with E-state index >= 15 is 0 Å². The van der Waals surface area contributed by atoms with Gasteiger partial charge in [-0.1, -0.05) is 55.1 Å². The molecule has 0 fully saturated rings. The Morgan fingerprint density at radius 1 is 1.15 bits per heavy atom. The molecule has 0 aliphatic carbocycles. The first-order valence-corrected chi connectivity index (χ1v) is 12.8. The minimum Gasteiger partial charge on any atom is -0.466 e. The first-order valence-electron chi connectivity index (χ1n) is 11.1. The van der Waals surface area contributed by atoms with Gasteiger partial charge < -0.3 is 9.30 Å². The molecule has 1 aromatic carbocycles. The Bertz CT molecular complexity index is 1320. The largest absolute Gasteiger partial charge is 0.466 e. The number of esters is 1. The Kier molecular flexibility index (Phi) is 7.68. The fourth-order valence-corrected chi connectivity index (χ4v) is 5.08. The summed E-state index contributed by atoms with van der Waals surface area (Å²) in [6.45, 7) is 6.90. The lowest BCUT2D eigenvalue weighted by molar-refractivity contribution is -0.142. The summed E-state index contributed by atoms with van der Waals surface area (Å²) >= 11 is 2.41. The molecule has 0 saturated heterocycles. The van der Waals surface area contributed by atoms with Crippen LogP contribution in [0.25, 0.3) is 22.1 Å². The highest BCUT2D eigenvalue weighted by atomic mass is 32.2. The smallest absolute Gasteiger partial charge is 0.312 e. The van der Waals surface area contributed by atoms with Crippen LogP contribution in [0.5, 0.6) is 0 Å². The van der Waals surface area contributed by atoms with E-state index in [-0.39, 0.29) is 18.3 Å². The molecule has 1 N–H and O–H groups in total. The van der Waals surface area contributed by atoms with E-state index in [9.17, 15) is 9.59 Å². The van der Waals surface area contributed by atoms with Gasteiger partial charge in [0.1, 0.15) is 10.5 Å². The van der Waals surface area contributed by atoms with Crippen LogP contribution in [0.15, 0.2) is 29.4 Å². The van der Waals surface area contributed by atoms with Crippen LogP contribution >= 0.6 is 23.1 Å². The third-order valence-corrected chi connectivity index (χ3v) is 7.06. The Labute approximate surface area is 204 Å². The third-order valence-electron chi connectivity index (χ3n) is 5.01. The van der Waals surface area contributed by atoms with E-state index < -0.39 is 5.25 Å². The maximum absolute atomic E-state index is 12.9. The van der Waals surface area contributed by atoms with Gasteiger partial charge in [0.2, 0.25) is 16.2 Å². The van der Waals surface area contributed by atoms with Crippen molar-refractivity contribution in [1.82, 2.24) is 29.9 Å². The molecule has 0 unspecified atom stereocenters. The molecular weight excluding hydrogens is 474 g/mol. The van der Waals surface area contributed by atoms with Crippen molar-refractivity contribution in [2.45, 2.75) is 57.0 Å². The number of ether oxygens (including phenoxy) is 1. The van der Waals surface area contributed by atoms with Gasteiger partial charge in [-0.3, -0.25) is 14.9 Å². The molecule has 12 heteroatoms. The Morgan fingerprint density at radius 3 is 2.74 bits per heavy atom. The van der Waals surface area contributed by atoms with Gasteiger partial charge in [0.15, 0.2) is 5.65 Å². The predicted octanol–water partition coefficient (Wildman–Crippen LogP) is 3.86. The van der Waals surface area contributed by atoms with Crippen LogP contribution in [-0.4, -0.2) is 53.7 Å². The summed E-state index contributed by atoms with van der Waals surface area (Å²) in [6.07, 6.45) is 1.54. The van der Waals surface area contributed by atoms with Crippen LogP contribution in [-0.2, 0) is 27.3 Å². The zero-order chi connectivity index (χ0) is 24.1. The molecule has 1 atom stereocenters. The van der Waals surface area contributed by atoms with E-state index in [1.54, 1.807) is 6.92 Å². The molecule has 4 rings (SSSR count). The van der Waals surface area contributed by atoms with Crippen molar-refractivity contribution in [2.24, 2.45) is 0 Å². The highest BCUT2D eigenvalue weighted by Crippen LogP contribution is 2.29. The molecule has 3 heterocycles. The van der Waals surface area contributed by atoms with Gasteiger partial charge in [-0.15, -0.1) is 20.4 Å². The number of amides is 1. The topological polar surface area (TPSA) is 125 Å². The number of carbonyl (C=O) groups excluding carboxylic acids is 2. The van der Waals surface area contributed by atoms with E-state index in [4.69, 9.17) is 9.72 Å². The van der Waals surface area contributed by atoms with Crippen LogP contribution in [0, 0.1) is 0 Å². The monoisotopic (exact) mass is 499 g/mol. The molecule has 0 aliphatic heterocycles.